The number of methoxy groups -OCH3 is 2. The van der Waals surface area contributed by atoms with Gasteiger partial charge in [0.05, 0.1) is 52.9 Å². The van der Waals surface area contributed by atoms with Crippen molar-refractivity contribution < 1.29 is 26.5 Å². The molecule has 0 aliphatic rings. The molecule has 0 radical (unpaired) electrons. The molecule has 0 aromatic heterocycles. The summed E-state index contributed by atoms with van der Waals surface area (Å²) in [5.74, 6) is 0. The third kappa shape index (κ3) is 17.7. The van der Waals surface area contributed by atoms with E-state index in [1.165, 1.54) is 0 Å². The first-order chi connectivity index (χ1) is 7.41. The third-order valence-corrected chi connectivity index (χ3v) is 1.61. The summed E-state index contributed by atoms with van der Waals surface area (Å²) in [6.07, 6.45) is 0. The maximum absolute atomic E-state index is 5.26. The molecule has 0 unspecified atom stereocenters. The van der Waals surface area contributed by atoms with E-state index in [0.717, 1.165) is 0 Å². The van der Waals surface area contributed by atoms with Crippen LogP contribution in [-0.4, -0.2) is 113 Å². The standard InChI is InChI=1S/C10H22O5.Sr.2H/c1-11-3-5-13-7-9-15-10-8-14-6-4-12-2;;;/h3-10H2,1-2H3;;;/q;+2;2*-1. The summed E-state index contributed by atoms with van der Waals surface area (Å²) in [5, 5.41) is 0. The van der Waals surface area contributed by atoms with Crippen LogP contribution in [0.4, 0.5) is 0 Å². The first-order valence-corrected chi connectivity index (χ1v) is 5.13. The van der Waals surface area contributed by atoms with Crippen molar-refractivity contribution in [1.29, 1.82) is 0 Å². The van der Waals surface area contributed by atoms with E-state index in [1.807, 2.05) is 0 Å². The minimum atomic E-state index is 0. The van der Waals surface area contributed by atoms with Gasteiger partial charge in [0.25, 0.3) is 0 Å². The minimum absolute atomic E-state index is 0. The van der Waals surface area contributed by atoms with Crippen LogP contribution >= 0.6 is 0 Å². The maximum Gasteiger partial charge on any atom is 2.00 e. The molecule has 96 valence electrons. The molecule has 0 aliphatic heterocycles. The Morgan fingerprint density at radius 1 is 0.562 bits per heavy atom. The number of ether oxygens (including phenoxy) is 5. The molecule has 0 atom stereocenters. The van der Waals surface area contributed by atoms with E-state index < -0.39 is 0 Å². The van der Waals surface area contributed by atoms with Gasteiger partial charge in [-0.25, -0.2) is 0 Å². The molecule has 0 aromatic carbocycles. The smallest absolute Gasteiger partial charge is 1.00 e. The summed E-state index contributed by atoms with van der Waals surface area (Å²) in [6, 6.07) is 0. The van der Waals surface area contributed by atoms with Crippen LogP contribution in [0.5, 0.6) is 0 Å². The summed E-state index contributed by atoms with van der Waals surface area (Å²) >= 11 is 0. The van der Waals surface area contributed by atoms with Crippen molar-refractivity contribution in [3.8, 4) is 0 Å². The molecule has 0 amide bonds. The van der Waals surface area contributed by atoms with E-state index in [0.29, 0.717) is 52.9 Å². The molecular weight excluding hydrogens is 288 g/mol. The van der Waals surface area contributed by atoms with E-state index in [2.05, 4.69) is 0 Å². The van der Waals surface area contributed by atoms with Crippen molar-refractivity contribution in [1.82, 2.24) is 0 Å². The Labute approximate surface area is 138 Å². The van der Waals surface area contributed by atoms with Gasteiger partial charge in [-0.15, -0.1) is 0 Å². The van der Waals surface area contributed by atoms with Gasteiger partial charge in [-0.05, 0) is 0 Å². The summed E-state index contributed by atoms with van der Waals surface area (Å²) < 4.78 is 25.3. The second-order valence-corrected chi connectivity index (χ2v) is 2.82. The second-order valence-electron chi connectivity index (χ2n) is 2.82. The zero-order valence-corrected chi connectivity index (χ0v) is 13.9. The molecule has 0 spiro atoms. The topological polar surface area (TPSA) is 46.2 Å². The Morgan fingerprint density at radius 3 is 1.06 bits per heavy atom. The van der Waals surface area contributed by atoms with Gasteiger partial charge in [0, 0.05) is 14.2 Å². The van der Waals surface area contributed by atoms with E-state index >= 15 is 0 Å². The Bertz CT molecular complexity index is 112. The van der Waals surface area contributed by atoms with Gasteiger partial charge in [0.1, 0.15) is 0 Å². The molecular formula is C10H24O5Sr. The Kier molecular flexibility index (Phi) is 22.9. The molecule has 0 rings (SSSR count). The average molecular weight is 312 g/mol. The van der Waals surface area contributed by atoms with Crippen LogP contribution in [0.2, 0.25) is 0 Å². The quantitative estimate of drug-likeness (QED) is 0.380. The fourth-order valence-electron chi connectivity index (χ4n) is 0.826. The van der Waals surface area contributed by atoms with Crippen LogP contribution in [0.25, 0.3) is 0 Å². The van der Waals surface area contributed by atoms with E-state index in [9.17, 15) is 0 Å². The van der Waals surface area contributed by atoms with Crippen LogP contribution in [-0.2, 0) is 23.7 Å². The largest absolute Gasteiger partial charge is 2.00 e. The van der Waals surface area contributed by atoms with Crippen molar-refractivity contribution >= 4 is 45.5 Å². The van der Waals surface area contributed by atoms with Crippen LogP contribution < -0.4 is 0 Å². The van der Waals surface area contributed by atoms with Gasteiger partial charge in [0.2, 0.25) is 0 Å². The molecule has 0 fully saturated rings. The monoisotopic (exact) mass is 312 g/mol. The summed E-state index contributed by atoms with van der Waals surface area (Å²) in [4.78, 5) is 0. The minimum Gasteiger partial charge on any atom is -1.00 e. The molecule has 0 saturated heterocycles. The van der Waals surface area contributed by atoms with Gasteiger partial charge in [-0.2, -0.15) is 0 Å². The van der Waals surface area contributed by atoms with Gasteiger partial charge >= 0.3 is 45.5 Å². The first-order valence-electron chi connectivity index (χ1n) is 5.13. The molecule has 16 heavy (non-hydrogen) atoms. The van der Waals surface area contributed by atoms with Crippen LogP contribution in [0, 0.1) is 0 Å². The zero-order valence-electron chi connectivity index (χ0n) is 12.4. The average Bonchev–Trinajstić information content (AvgIpc) is 2.26. The number of rotatable bonds is 12. The van der Waals surface area contributed by atoms with E-state index in [-0.39, 0.29) is 48.3 Å². The molecule has 0 aromatic rings. The predicted molar refractivity (Wildman–Crippen MR) is 64.2 cm³/mol. The molecule has 0 N–H and O–H groups in total. The predicted octanol–water partition coefficient (Wildman–Crippen LogP) is 0.173. The Hall–Kier alpha value is 1.28. The van der Waals surface area contributed by atoms with E-state index in [1.54, 1.807) is 14.2 Å². The van der Waals surface area contributed by atoms with Gasteiger partial charge in [-0.1, -0.05) is 0 Å². The molecule has 0 bridgehead atoms. The molecule has 0 aliphatic carbocycles. The van der Waals surface area contributed by atoms with Crippen molar-refractivity contribution in [2.75, 3.05) is 67.1 Å². The van der Waals surface area contributed by atoms with Gasteiger partial charge in [-0.3, -0.25) is 0 Å². The van der Waals surface area contributed by atoms with Crippen molar-refractivity contribution in [3.63, 3.8) is 0 Å². The van der Waals surface area contributed by atoms with Crippen molar-refractivity contribution in [2.45, 2.75) is 0 Å². The molecule has 0 heterocycles. The number of hydrogen-bond donors (Lipinski definition) is 0. The van der Waals surface area contributed by atoms with Gasteiger partial charge in [0.15, 0.2) is 0 Å². The fraction of sp³-hybridized carbons (Fsp3) is 1.00. The van der Waals surface area contributed by atoms with Crippen molar-refractivity contribution in [3.05, 3.63) is 0 Å². The van der Waals surface area contributed by atoms with Gasteiger partial charge < -0.3 is 26.5 Å². The van der Waals surface area contributed by atoms with Crippen LogP contribution in [0.15, 0.2) is 0 Å². The molecule has 5 nitrogen and oxygen atoms in total. The third-order valence-electron chi connectivity index (χ3n) is 1.61. The molecule has 0 saturated carbocycles. The normalized spacial score (nSPS) is 10.1. The van der Waals surface area contributed by atoms with E-state index in [4.69, 9.17) is 23.7 Å². The fourth-order valence-corrected chi connectivity index (χ4v) is 0.826. The Balaban J connectivity index is -0.000000327. The summed E-state index contributed by atoms with van der Waals surface area (Å²) in [6.45, 7) is 4.87. The Morgan fingerprint density at radius 2 is 0.812 bits per heavy atom. The maximum atomic E-state index is 5.26. The summed E-state index contributed by atoms with van der Waals surface area (Å²) in [7, 11) is 3.30. The zero-order chi connectivity index (χ0) is 11.2. The van der Waals surface area contributed by atoms with Crippen molar-refractivity contribution in [2.24, 2.45) is 0 Å². The second kappa shape index (κ2) is 18.6. The number of hydrogen-bond acceptors (Lipinski definition) is 5. The summed E-state index contributed by atoms with van der Waals surface area (Å²) in [5.41, 5.74) is 0. The van der Waals surface area contributed by atoms with Crippen LogP contribution in [0.1, 0.15) is 2.85 Å². The molecule has 6 heteroatoms. The SMILES string of the molecule is COCCOCCOCCOCCOC.[H-].[H-].[Sr+2]. The van der Waals surface area contributed by atoms with Crippen LogP contribution in [0.3, 0.4) is 0 Å². The first kappa shape index (κ1) is 19.6.